The van der Waals surface area contributed by atoms with Crippen LogP contribution in [0.3, 0.4) is 0 Å². The summed E-state index contributed by atoms with van der Waals surface area (Å²) in [6.07, 6.45) is 3.75. The molecule has 1 amide bonds. The van der Waals surface area contributed by atoms with E-state index in [-0.39, 0.29) is 17.9 Å². The molecule has 0 radical (unpaired) electrons. The first kappa shape index (κ1) is 24.8. The lowest BCUT2D eigenvalue weighted by Gasteiger charge is -2.54. The maximum absolute atomic E-state index is 13.0. The van der Waals surface area contributed by atoms with Crippen molar-refractivity contribution in [1.29, 1.82) is 0 Å². The molecule has 1 aromatic carbocycles. The van der Waals surface area contributed by atoms with E-state index < -0.39 is 5.97 Å². The summed E-state index contributed by atoms with van der Waals surface area (Å²) in [7, 11) is 0. The zero-order valence-corrected chi connectivity index (χ0v) is 21.0. The van der Waals surface area contributed by atoms with Gasteiger partial charge in [0.25, 0.3) is 5.91 Å². The van der Waals surface area contributed by atoms with Gasteiger partial charge in [0.05, 0.1) is 18.2 Å². The number of carboxylic acids is 1. The van der Waals surface area contributed by atoms with E-state index in [1.54, 1.807) is 11.3 Å². The number of morpholine rings is 1. The summed E-state index contributed by atoms with van der Waals surface area (Å²) in [6.45, 7) is 8.67. The number of aromatic nitrogens is 1. The normalized spacial score (nSPS) is 17.8. The van der Waals surface area contributed by atoms with Crippen LogP contribution in [0.5, 0.6) is 0 Å². The van der Waals surface area contributed by atoms with Crippen LogP contribution in [-0.2, 0) is 22.4 Å². The predicted molar refractivity (Wildman–Crippen MR) is 133 cm³/mol. The van der Waals surface area contributed by atoms with E-state index in [4.69, 9.17) is 9.84 Å². The van der Waals surface area contributed by atoms with Crippen molar-refractivity contribution in [2.24, 2.45) is 0 Å². The molecule has 34 heavy (non-hydrogen) atoms. The Morgan fingerprint density at radius 2 is 1.94 bits per heavy atom. The number of likely N-dealkylation sites (tertiary alicyclic amines) is 1. The molecule has 2 aliphatic rings. The number of aryl methyl sites for hydroxylation is 1. The molecule has 8 heteroatoms. The number of amides is 1. The van der Waals surface area contributed by atoms with E-state index in [1.165, 1.54) is 11.1 Å². The molecule has 1 spiro atoms. The average molecular weight is 486 g/mol. The van der Waals surface area contributed by atoms with Crippen LogP contribution in [0.4, 0.5) is 0 Å². The van der Waals surface area contributed by atoms with Gasteiger partial charge in [-0.25, -0.2) is 4.98 Å². The van der Waals surface area contributed by atoms with Gasteiger partial charge in [-0.15, -0.1) is 11.3 Å². The smallest absolute Gasteiger partial charge is 0.303 e. The van der Waals surface area contributed by atoms with Gasteiger partial charge in [0.2, 0.25) is 0 Å². The third kappa shape index (κ3) is 6.23. The molecule has 0 bridgehead atoms. The van der Waals surface area contributed by atoms with Crippen molar-refractivity contribution in [3.63, 3.8) is 0 Å². The third-order valence-electron chi connectivity index (χ3n) is 6.61. The monoisotopic (exact) mass is 485 g/mol. The van der Waals surface area contributed by atoms with Crippen molar-refractivity contribution in [2.75, 3.05) is 39.3 Å². The van der Waals surface area contributed by atoms with E-state index in [1.807, 2.05) is 10.3 Å². The highest BCUT2D eigenvalue weighted by atomic mass is 32.1. The zero-order valence-electron chi connectivity index (χ0n) is 20.2. The Morgan fingerprint density at radius 1 is 1.18 bits per heavy atom. The van der Waals surface area contributed by atoms with Gasteiger partial charge in [-0.3, -0.25) is 14.5 Å². The van der Waals surface area contributed by atoms with Crippen LogP contribution in [0.25, 0.3) is 0 Å². The number of nitrogens with zero attached hydrogens (tertiary/aromatic N) is 3. The molecule has 184 valence electrons. The number of carbonyl (C=O) groups is 2. The summed E-state index contributed by atoms with van der Waals surface area (Å²) in [4.78, 5) is 32.5. The Balaban J connectivity index is 1.23. The molecule has 7 nitrogen and oxygen atoms in total. The first-order chi connectivity index (χ1) is 16.3. The van der Waals surface area contributed by atoms with E-state index in [9.17, 15) is 9.59 Å². The minimum atomic E-state index is -0.723. The highest BCUT2D eigenvalue weighted by molar-refractivity contribution is 7.09. The molecule has 1 aromatic heterocycles. The maximum atomic E-state index is 13.0. The van der Waals surface area contributed by atoms with Gasteiger partial charge in [0, 0.05) is 43.9 Å². The van der Waals surface area contributed by atoms with Gasteiger partial charge in [0.15, 0.2) is 0 Å². The fourth-order valence-corrected chi connectivity index (χ4v) is 5.59. The van der Waals surface area contributed by atoms with Crippen LogP contribution < -0.4 is 0 Å². The Labute approximate surface area is 205 Å². The second kappa shape index (κ2) is 11.0. The fourth-order valence-electron chi connectivity index (χ4n) is 4.78. The van der Waals surface area contributed by atoms with Gasteiger partial charge < -0.3 is 14.7 Å². The Kier molecular flexibility index (Phi) is 8.01. The van der Waals surface area contributed by atoms with Crippen LogP contribution >= 0.6 is 11.3 Å². The van der Waals surface area contributed by atoms with Crippen LogP contribution in [0.1, 0.15) is 65.7 Å². The van der Waals surface area contributed by atoms with Crippen molar-refractivity contribution < 1.29 is 19.4 Å². The Hall–Kier alpha value is -2.29. The number of rotatable bonds is 10. The first-order valence-corrected chi connectivity index (χ1v) is 13.1. The maximum Gasteiger partial charge on any atom is 0.303 e. The molecule has 0 atom stereocenters. The van der Waals surface area contributed by atoms with Gasteiger partial charge in [0.1, 0.15) is 11.3 Å². The van der Waals surface area contributed by atoms with Gasteiger partial charge in [-0.1, -0.05) is 38.1 Å². The van der Waals surface area contributed by atoms with Crippen LogP contribution in [0, 0.1) is 0 Å². The average Bonchev–Trinajstić information content (AvgIpc) is 3.30. The van der Waals surface area contributed by atoms with Crippen LogP contribution in [0.15, 0.2) is 29.6 Å². The van der Waals surface area contributed by atoms with E-state index in [0.29, 0.717) is 31.3 Å². The summed E-state index contributed by atoms with van der Waals surface area (Å²) in [5, 5.41) is 11.7. The number of hydrogen-bond acceptors (Lipinski definition) is 6. The lowest BCUT2D eigenvalue weighted by Crippen LogP contribution is -2.70. The molecular formula is C26H35N3O4S. The number of aliphatic carboxylic acids is 1. The minimum Gasteiger partial charge on any atom is -0.481 e. The molecule has 2 fully saturated rings. The fraction of sp³-hybridized carbons (Fsp3) is 0.577. The van der Waals surface area contributed by atoms with Gasteiger partial charge in [-0.2, -0.15) is 0 Å². The van der Waals surface area contributed by atoms with Crippen molar-refractivity contribution >= 4 is 23.2 Å². The summed E-state index contributed by atoms with van der Waals surface area (Å²) >= 11 is 1.56. The SMILES string of the molecule is CC(C)c1nc(C(=O)N2CCOC3(CN(CCc4cccc(CCCCC(=O)O)c4)C3)C2)cs1. The van der Waals surface area contributed by atoms with Crippen LogP contribution in [-0.4, -0.2) is 76.7 Å². The van der Waals surface area contributed by atoms with Crippen molar-refractivity contribution in [1.82, 2.24) is 14.8 Å². The summed E-state index contributed by atoms with van der Waals surface area (Å²) in [5.41, 5.74) is 2.89. The number of hydrogen-bond donors (Lipinski definition) is 1. The molecule has 1 N–H and O–H groups in total. The molecule has 0 unspecified atom stereocenters. The number of thiazole rings is 1. The minimum absolute atomic E-state index is 0.0180. The summed E-state index contributed by atoms with van der Waals surface area (Å²) in [6, 6.07) is 8.62. The van der Waals surface area contributed by atoms with Crippen molar-refractivity contribution in [3.05, 3.63) is 51.5 Å². The number of benzene rings is 1. The van der Waals surface area contributed by atoms with E-state index in [0.717, 1.165) is 50.3 Å². The lowest BCUT2D eigenvalue weighted by molar-refractivity contribution is -0.176. The largest absolute Gasteiger partial charge is 0.481 e. The number of ether oxygens (including phenoxy) is 1. The van der Waals surface area contributed by atoms with Crippen molar-refractivity contribution in [3.8, 4) is 0 Å². The Bertz CT molecular complexity index is 999. The highest BCUT2D eigenvalue weighted by Gasteiger charge is 2.48. The third-order valence-corrected chi connectivity index (χ3v) is 7.75. The van der Waals surface area contributed by atoms with Crippen LogP contribution in [0.2, 0.25) is 0 Å². The number of carboxylic acid groups (broad SMARTS) is 1. The molecule has 2 aromatic rings. The second-order valence-electron chi connectivity index (χ2n) is 9.87. The molecule has 2 saturated heterocycles. The number of carbonyl (C=O) groups excluding carboxylic acids is 1. The topological polar surface area (TPSA) is 83.0 Å². The quantitative estimate of drug-likeness (QED) is 0.515. The lowest BCUT2D eigenvalue weighted by atomic mass is 9.91. The van der Waals surface area contributed by atoms with Gasteiger partial charge >= 0.3 is 5.97 Å². The van der Waals surface area contributed by atoms with E-state index >= 15 is 0 Å². The van der Waals surface area contributed by atoms with E-state index in [2.05, 4.69) is 48.0 Å². The molecule has 4 rings (SSSR count). The molecule has 2 aliphatic heterocycles. The summed E-state index contributed by atoms with van der Waals surface area (Å²) < 4.78 is 6.14. The zero-order chi connectivity index (χ0) is 24.1. The second-order valence-corrected chi connectivity index (χ2v) is 10.8. The molecule has 3 heterocycles. The molecule has 0 saturated carbocycles. The van der Waals surface area contributed by atoms with Crippen molar-refractivity contribution in [2.45, 2.75) is 57.5 Å². The molecular weight excluding hydrogens is 450 g/mol. The Morgan fingerprint density at radius 3 is 2.65 bits per heavy atom. The highest BCUT2D eigenvalue weighted by Crippen LogP contribution is 2.30. The number of unbranched alkanes of at least 4 members (excludes halogenated alkanes) is 1. The molecule has 0 aliphatic carbocycles. The van der Waals surface area contributed by atoms with Gasteiger partial charge in [-0.05, 0) is 36.8 Å². The first-order valence-electron chi connectivity index (χ1n) is 12.2. The standard InChI is InChI=1S/C26H35N3O4S/c1-19(2)24-27-22(15-34-24)25(32)29-12-13-33-26(18-29)16-28(17-26)11-10-21-8-5-7-20(14-21)6-3-4-9-23(30)31/h5,7-8,14-15,19H,3-4,6,9-13,16-18H2,1-2H3,(H,30,31). The summed E-state index contributed by atoms with van der Waals surface area (Å²) in [5.74, 6) is -0.372. The predicted octanol–water partition coefficient (Wildman–Crippen LogP) is 3.83.